The van der Waals surface area contributed by atoms with E-state index in [1.165, 1.54) is 0 Å². The van der Waals surface area contributed by atoms with Gasteiger partial charge in [0.25, 0.3) is 0 Å². The maximum absolute atomic E-state index is 6.07. The quantitative estimate of drug-likeness (QED) is 0.742. The second-order valence-corrected chi connectivity index (χ2v) is 3.71. The highest BCUT2D eigenvalue weighted by Crippen LogP contribution is 2.28. The van der Waals surface area contributed by atoms with Gasteiger partial charge in [-0.1, -0.05) is 11.6 Å². The van der Waals surface area contributed by atoms with Crippen LogP contribution in [0.15, 0.2) is 18.2 Å². The molecule has 1 aromatic rings. The van der Waals surface area contributed by atoms with E-state index in [1.807, 2.05) is 24.1 Å². The standard InChI is InChI=1S/C10H13Cl2NO/c1-13(6-5-11)10-4-3-8(14-2)7-9(10)12/h3-4,7H,5-6H2,1-2H3. The van der Waals surface area contributed by atoms with E-state index in [4.69, 9.17) is 27.9 Å². The Labute approximate surface area is 94.4 Å². The summed E-state index contributed by atoms with van der Waals surface area (Å²) in [6.45, 7) is 0.771. The van der Waals surface area contributed by atoms with Crippen molar-refractivity contribution in [3.63, 3.8) is 0 Å². The molecule has 0 saturated carbocycles. The first kappa shape index (κ1) is 11.5. The Hall–Kier alpha value is -0.600. The number of halogens is 2. The summed E-state index contributed by atoms with van der Waals surface area (Å²) in [4.78, 5) is 2.01. The highest BCUT2D eigenvalue weighted by molar-refractivity contribution is 6.33. The van der Waals surface area contributed by atoms with Gasteiger partial charge in [-0.15, -0.1) is 11.6 Å². The molecule has 0 bridgehead atoms. The molecule has 0 aliphatic rings. The molecular formula is C10H13Cl2NO. The van der Waals surface area contributed by atoms with Gasteiger partial charge in [-0.05, 0) is 12.1 Å². The lowest BCUT2D eigenvalue weighted by Crippen LogP contribution is -2.19. The van der Waals surface area contributed by atoms with Crippen LogP contribution in [-0.4, -0.2) is 26.6 Å². The van der Waals surface area contributed by atoms with Crippen molar-refractivity contribution in [1.29, 1.82) is 0 Å². The van der Waals surface area contributed by atoms with E-state index in [2.05, 4.69) is 0 Å². The van der Waals surface area contributed by atoms with E-state index in [-0.39, 0.29) is 0 Å². The first-order valence-electron chi connectivity index (χ1n) is 4.29. The Kier molecular flexibility index (Phi) is 4.36. The molecule has 0 amide bonds. The lowest BCUT2D eigenvalue weighted by Gasteiger charge is -2.19. The summed E-state index contributed by atoms with van der Waals surface area (Å²) in [7, 11) is 3.57. The molecule has 4 heteroatoms. The van der Waals surface area contributed by atoms with Gasteiger partial charge in [-0.25, -0.2) is 0 Å². The van der Waals surface area contributed by atoms with Crippen LogP contribution in [0.5, 0.6) is 5.75 Å². The van der Waals surface area contributed by atoms with Gasteiger partial charge in [-0.2, -0.15) is 0 Å². The number of nitrogens with zero attached hydrogens (tertiary/aromatic N) is 1. The average molecular weight is 234 g/mol. The molecule has 0 fully saturated rings. The summed E-state index contributed by atoms with van der Waals surface area (Å²) in [5.74, 6) is 1.34. The minimum Gasteiger partial charge on any atom is -0.497 e. The zero-order valence-corrected chi connectivity index (χ0v) is 9.77. The third-order valence-electron chi connectivity index (χ3n) is 1.99. The predicted molar refractivity (Wildman–Crippen MR) is 62.0 cm³/mol. The first-order chi connectivity index (χ1) is 6.69. The summed E-state index contributed by atoms with van der Waals surface area (Å²) in [6, 6.07) is 5.60. The average Bonchev–Trinajstić information content (AvgIpc) is 2.17. The zero-order valence-electron chi connectivity index (χ0n) is 8.26. The Morgan fingerprint density at radius 3 is 2.64 bits per heavy atom. The summed E-state index contributed by atoms with van der Waals surface area (Å²) < 4.78 is 5.06. The molecule has 0 aliphatic carbocycles. The van der Waals surface area contributed by atoms with E-state index in [9.17, 15) is 0 Å². The van der Waals surface area contributed by atoms with Crippen molar-refractivity contribution < 1.29 is 4.74 Å². The van der Waals surface area contributed by atoms with Crippen LogP contribution in [0.25, 0.3) is 0 Å². The van der Waals surface area contributed by atoms with Crippen LogP contribution in [0.4, 0.5) is 5.69 Å². The Morgan fingerprint density at radius 1 is 1.43 bits per heavy atom. The fraction of sp³-hybridized carbons (Fsp3) is 0.400. The normalized spacial score (nSPS) is 10.0. The largest absolute Gasteiger partial charge is 0.497 e. The molecule has 0 heterocycles. The third kappa shape index (κ3) is 2.69. The summed E-state index contributed by atoms with van der Waals surface area (Å²) in [6.07, 6.45) is 0. The van der Waals surface area contributed by atoms with Crippen molar-refractivity contribution >= 4 is 28.9 Å². The van der Waals surface area contributed by atoms with E-state index in [0.29, 0.717) is 10.9 Å². The van der Waals surface area contributed by atoms with Gasteiger partial charge in [0.15, 0.2) is 0 Å². The van der Waals surface area contributed by atoms with Crippen LogP contribution in [-0.2, 0) is 0 Å². The molecule has 0 saturated heterocycles. The summed E-state index contributed by atoms with van der Waals surface area (Å²) in [5, 5.41) is 0.678. The molecule has 0 aliphatic heterocycles. The number of rotatable bonds is 4. The Balaban J connectivity index is 2.88. The molecule has 0 radical (unpaired) electrons. The monoisotopic (exact) mass is 233 g/mol. The second-order valence-electron chi connectivity index (χ2n) is 2.93. The van der Waals surface area contributed by atoms with Crippen molar-refractivity contribution in [2.24, 2.45) is 0 Å². The number of alkyl halides is 1. The van der Waals surface area contributed by atoms with Crippen LogP contribution < -0.4 is 9.64 Å². The number of methoxy groups -OCH3 is 1. The van der Waals surface area contributed by atoms with E-state index < -0.39 is 0 Å². The third-order valence-corrected chi connectivity index (χ3v) is 2.46. The van der Waals surface area contributed by atoms with Crippen molar-refractivity contribution in [2.45, 2.75) is 0 Å². The molecule has 0 spiro atoms. The smallest absolute Gasteiger partial charge is 0.120 e. The number of hydrogen-bond donors (Lipinski definition) is 0. The SMILES string of the molecule is COc1ccc(N(C)CCCl)c(Cl)c1. The summed E-state index contributed by atoms with van der Waals surface area (Å²) >= 11 is 11.7. The van der Waals surface area contributed by atoms with Crippen molar-refractivity contribution in [1.82, 2.24) is 0 Å². The van der Waals surface area contributed by atoms with Crippen molar-refractivity contribution in [3.8, 4) is 5.75 Å². The van der Waals surface area contributed by atoms with Gasteiger partial charge in [-0.3, -0.25) is 0 Å². The highest BCUT2D eigenvalue weighted by atomic mass is 35.5. The van der Waals surface area contributed by atoms with Crippen LogP contribution in [0.1, 0.15) is 0 Å². The first-order valence-corrected chi connectivity index (χ1v) is 5.21. The second kappa shape index (κ2) is 5.32. The van der Waals surface area contributed by atoms with E-state index in [0.717, 1.165) is 18.0 Å². The molecule has 14 heavy (non-hydrogen) atoms. The lowest BCUT2D eigenvalue weighted by molar-refractivity contribution is 0.415. The predicted octanol–water partition coefficient (Wildman–Crippen LogP) is 3.02. The number of ether oxygens (including phenoxy) is 1. The number of anilines is 1. The van der Waals surface area contributed by atoms with Gasteiger partial charge < -0.3 is 9.64 Å². The van der Waals surface area contributed by atoms with Gasteiger partial charge >= 0.3 is 0 Å². The van der Waals surface area contributed by atoms with Gasteiger partial charge in [0.1, 0.15) is 5.75 Å². The molecular weight excluding hydrogens is 221 g/mol. The molecule has 1 rings (SSSR count). The van der Waals surface area contributed by atoms with Crippen LogP contribution in [0, 0.1) is 0 Å². The van der Waals surface area contributed by atoms with E-state index in [1.54, 1.807) is 13.2 Å². The number of hydrogen-bond acceptors (Lipinski definition) is 2. The van der Waals surface area contributed by atoms with Crippen LogP contribution in [0.3, 0.4) is 0 Å². The molecule has 0 unspecified atom stereocenters. The molecule has 0 atom stereocenters. The van der Waals surface area contributed by atoms with Crippen LogP contribution in [0.2, 0.25) is 5.02 Å². The minimum absolute atomic E-state index is 0.582. The summed E-state index contributed by atoms with van der Waals surface area (Å²) in [5.41, 5.74) is 0.966. The van der Waals surface area contributed by atoms with Gasteiger partial charge in [0, 0.05) is 25.5 Å². The topological polar surface area (TPSA) is 12.5 Å². The zero-order chi connectivity index (χ0) is 10.6. The van der Waals surface area contributed by atoms with Crippen molar-refractivity contribution in [3.05, 3.63) is 23.2 Å². The molecule has 1 aromatic carbocycles. The molecule has 0 N–H and O–H groups in total. The highest BCUT2D eigenvalue weighted by Gasteiger charge is 2.06. The Bertz CT molecular complexity index is 304. The molecule has 78 valence electrons. The molecule has 0 aromatic heterocycles. The molecule has 2 nitrogen and oxygen atoms in total. The lowest BCUT2D eigenvalue weighted by atomic mass is 10.3. The Morgan fingerprint density at radius 2 is 2.14 bits per heavy atom. The number of benzene rings is 1. The van der Waals surface area contributed by atoms with Gasteiger partial charge in [0.2, 0.25) is 0 Å². The fourth-order valence-electron chi connectivity index (χ4n) is 1.17. The maximum Gasteiger partial charge on any atom is 0.120 e. The minimum atomic E-state index is 0.582. The fourth-order valence-corrected chi connectivity index (χ4v) is 1.74. The maximum atomic E-state index is 6.07. The van der Waals surface area contributed by atoms with Gasteiger partial charge in [0.05, 0.1) is 17.8 Å². The van der Waals surface area contributed by atoms with E-state index >= 15 is 0 Å². The van der Waals surface area contributed by atoms with Crippen molar-refractivity contribution in [2.75, 3.05) is 31.5 Å². The van der Waals surface area contributed by atoms with Crippen LogP contribution >= 0.6 is 23.2 Å².